The SMILES string of the molecule is Cc1ncc(-c2ccc3c(c2)N(c2cncc(SC4CC4)c2)C(=O)C3(C)C)cn1. The monoisotopic (exact) mass is 402 g/mol. The zero-order valence-corrected chi connectivity index (χ0v) is 17.5. The van der Waals surface area contributed by atoms with E-state index in [1.165, 1.54) is 12.8 Å². The van der Waals surface area contributed by atoms with Gasteiger partial charge in [-0.05, 0) is 56.9 Å². The first-order valence-electron chi connectivity index (χ1n) is 9.83. The first kappa shape index (κ1) is 18.3. The standard InChI is InChI=1S/C23H22N4OS/c1-14-25-10-16(11-26-14)15-4-7-20-21(8-15)27(22(28)23(20,2)3)17-9-19(13-24-12-17)29-18-5-6-18/h4,7-13,18H,5-6H2,1-3H3. The Kier molecular flexibility index (Phi) is 4.21. The number of carbonyl (C=O) groups excluding carboxylic acids is 1. The molecule has 2 aliphatic rings. The fourth-order valence-electron chi connectivity index (χ4n) is 3.70. The molecule has 0 N–H and O–H groups in total. The van der Waals surface area contributed by atoms with E-state index in [9.17, 15) is 4.79 Å². The predicted octanol–water partition coefficient (Wildman–Crippen LogP) is 5.06. The zero-order chi connectivity index (χ0) is 20.2. The highest BCUT2D eigenvalue weighted by Gasteiger charge is 2.44. The summed E-state index contributed by atoms with van der Waals surface area (Å²) >= 11 is 1.85. The van der Waals surface area contributed by atoms with Crippen molar-refractivity contribution in [2.75, 3.05) is 4.90 Å². The lowest BCUT2D eigenvalue weighted by molar-refractivity contribution is -0.121. The third-order valence-electron chi connectivity index (χ3n) is 5.55. The second-order valence-electron chi connectivity index (χ2n) is 8.21. The molecule has 1 amide bonds. The van der Waals surface area contributed by atoms with Crippen LogP contribution in [0.15, 0.2) is 53.9 Å². The zero-order valence-electron chi connectivity index (χ0n) is 16.7. The largest absolute Gasteiger partial charge is 0.278 e. The highest BCUT2D eigenvalue weighted by atomic mass is 32.2. The summed E-state index contributed by atoms with van der Waals surface area (Å²) in [6, 6.07) is 8.25. The van der Waals surface area contributed by atoms with Crippen LogP contribution in [0.5, 0.6) is 0 Å². The molecule has 2 aromatic heterocycles. The molecule has 0 unspecified atom stereocenters. The molecule has 3 heterocycles. The molecule has 3 aromatic rings. The molecule has 5 nitrogen and oxygen atoms in total. The molecule has 0 bridgehead atoms. The normalized spacial score (nSPS) is 17.5. The number of nitrogens with zero attached hydrogens (tertiary/aromatic N) is 4. The molecule has 1 aliphatic heterocycles. The number of hydrogen-bond donors (Lipinski definition) is 0. The number of anilines is 2. The van der Waals surface area contributed by atoms with Crippen molar-refractivity contribution in [1.29, 1.82) is 0 Å². The summed E-state index contributed by atoms with van der Waals surface area (Å²) < 4.78 is 0. The number of thioether (sulfide) groups is 1. The Morgan fingerprint density at radius 2 is 1.79 bits per heavy atom. The minimum atomic E-state index is -0.586. The highest BCUT2D eigenvalue weighted by molar-refractivity contribution is 8.00. The Hall–Kier alpha value is -2.73. The summed E-state index contributed by atoms with van der Waals surface area (Å²) in [5, 5.41) is 0.693. The summed E-state index contributed by atoms with van der Waals surface area (Å²) in [5.74, 6) is 0.809. The molecule has 5 rings (SSSR count). The van der Waals surface area contributed by atoms with Crippen LogP contribution in [0, 0.1) is 6.92 Å². The van der Waals surface area contributed by atoms with E-state index in [0.29, 0.717) is 5.25 Å². The molecule has 1 saturated carbocycles. The Balaban J connectivity index is 1.60. The third kappa shape index (κ3) is 3.21. The van der Waals surface area contributed by atoms with Gasteiger partial charge in [0.05, 0.1) is 23.0 Å². The van der Waals surface area contributed by atoms with E-state index in [-0.39, 0.29) is 5.91 Å². The highest BCUT2D eigenvalue weighted by Crippen LogP contribution is 2.47. The van der Waals surface area contributed by atoms with Gasteiger partial charge in [0.2, 0.25) is 5.91 Å². The molecule has 0 atom stereocenters. The number of benzene rings is 1. The lowest BCUT2D eigenvalue weighted by Crippen LogP contribution is -2.33. The van der Waals surface area contributed by atoms with E-state index in [1.807, 2.05) is 62.1 Å². The third-order valence-corrected chi connectivity index (χ3v) is 6.85. The smallest absolute Gasteiger partial charge is 0.241 e. The second-order valence-corrected chi connectivity index (χ2v) is 9.59. The number of rotatable bonds is 4. The van der Waals surface area contributed by atoms with Crippen molar-refractivity contribution in [2.24, 2.45) is 0 Å². The van der Waals surface area contributed by atoms with Crippen LogP contribution in [0.25, 0.3) is 11.1 Å². The summed E-state index contributed by atoms with van der Waals surface area (Å²) in [5.41, 5.74) is 4.11. The van der Waals surface area contributed by atoms with E-state index in [2.05, 4.69) is 33.2 Å². The number of aromatic nitrogens is 3. The maximum atomic E-state index is 13.4. The maximum absolute atomic E-state index is 13.4. The van der Waals surface area contributed by atoms with E-state index < -0.39 is 5.41 Å². The fourth-order valence-corrected chi connectivity index (χ4v) is 4.77. The van der Waals surface area contributed by atoms with Gasteiger partial charge in [-0.2, -0.15) is 0 Å². The number of aryl methyl sites for hydroxylation is 1. The molecular formula is C23H22N4OS. The average Bonchev–Trinajstić information content (AvgIpc) is 3.49. The summed E-state index contributed by atoms with van der Waals surface area (Å²) in [7, 11) is 0. The summed E-state index contributed by atoms with van der Waals surface area (Å²) in [6.07, 6.45) is 9.83. The van der Waals surface area contributed by atoms with Gasteiger partial charge in [0.15, 0.2) is 0 Å². The second kappa shape index (κ2) is 6.66. The van der Waals surface area contributed by atoms with Crippen molar-refractivity contribution < 1.29 is 4.79 Å². The van der Waals surface area contributed by atoms with Gasteiger partial charge in [-0.25, -0.2) is 9.97 Å². The number of fused-ring (bicyclic) bond motifs is 1. The number of hydrogen-bond acceptors (Lipinski definition) is 5. The van der Waals surface area contributed by atoms with Crippen molar-refractivity contribution in [1.82, 2.24) is 15.0 Å². The van der Waals surface area contributed by atoms with Crippen LogP contribution in [0.1, 0.15) is 38.1 Å². The molecule has 0 saturated heterocycles. The first-order chi connectivity index (χ1) is 13.9. The van der Waals surface area contributed by atoms with E-state index >= 15 is 0 Å². The quantitative estimate of drug-likeness (QED) is 0.611. The summed E-state index contributed by atoms with van der Waals surface area (Å²) in [4.78, 5) is 29.4. The molecular weight excluding hydrogens is 380 g/mol. The number of amides is 1. The van der Waals surface area contributed by atoms with E-state index in [4.69, 9.17) is 0 Å². The van der Waals surface area contributed by atoms with Crippen molar-refractivity contribution in [2.45, 2.75) is 49.2 Å². The van der Waals surface area contributed by atoms with Crippen LogP contribution < -0.4 is 4.90 Å². The van der Waals surface area contributed by atoms with Crippen LogP contribution >= 0.6 is 11.8 Å². The van der Waals surface area contributed by atoms with Gasteiger partial charge >= 0.3 is 0 Å². The van der Waals surface area contributed by atoms with Crippen LogP contribution in [-0.4, -0.2) is 26.1 Å². The van der Waals surface area contributed by atoms with Gasteiger partial charge in [-0.3, -0.25) is 14.7 Å². The van der Waals surface area contributed by atoms with Gasteiger partial charge < -0.3 is 0 Å². The summed E-state index contributed by atoms with van der Waals surface area (Å²) in [6.45, 7) is 5.84. The van der Waals surface area contributed by atoms with Crippen molar-refractivity contribution in [3.05, 3.63) is 60.4 Å². The molecule has 29 heavy (non-hydrogen) atoms. The Labute approximate surface area is 174 Å². The lowest BCUT2D eigenvalue weighted by Gasteiger charge is -2.20. The predicted molar refractivity (Wildman–Crippen MR) is 115 cm³/mol. The van der Waals surface area contributed by atoms with Crippen LogP contribution in [0.3, 0.4) is 0 Å². The lowest BCUT2D eigenvalue weighted by atomic mass is 9.85. The maximum Gasteiger partial charge on any atom is 0.241 e. The van der Waals surface area contributed by atoms with Gasteiger partial charge in [0, 0.05) is 34.3 Å². The molecule has 1 aliphatic carbocycles. The Bertz CT molecular complexity index is 1110. The van der Waals surface area contributed by atoms with Crippen LogP contribution in [-0.2, 0) is 10.2 Å². The van der Waals surface area contributed by atoms with Crippen molar-refractivity contribution in [3.8, 4) is 11.1 Å². The Morgan fingerprint density at radius 3 is 2.52 bits per heavy atom. The molecule has 0 radical (unpaired) electrons. The van der Waals surface area contributed by atoms with E-state index in [1.54, 1.807) is 6.20 Å². The molecule has 1 fully saturated rings. The average molecular weight is 403 g/mol. The minimum absolute atomic E-state index is 0.0696. The number of carbonyl (C=O) groups is 1. The van der Waals surface area contributed by atoms with Crippen molar-refractivity contribution >= 4 is 29.0 Å². The van der Waals surface area contributed by atoms with Crippen molar-refractivity contribution in [3.63, 3.8) is 0 Å². The molecule has 1 aromatic carbocycles. The molecule has 6 heteroatoms. The molecule has 0 spiro atoms. The Morgan fingerprint density at radius 1 is 1.03 bits per heavy atom. The van der Waals surface area contributed by atoms with Crippen LogP contribution in [0.2, 0.25) is 0 Å². The van der Waals surface area contributed by atoms with Gasteiger partial charge in [-0.15, -0.1) is 11.8 Å². The minimum Gasteiger partial charge on any atom is -0.278 e. The first-order valence-corrected chi connectivity index (χ1v) is 10.7. The van der Waals surface area contributed by atoms with Gasteiger partial charge in [0.25, 0.3) is 0 Å². The topological polar surface area (TPSA) is 59.0 Å². The van der Waals surface area contributed by atoms with Gasteiger partial charge in [-0.1, -0.05) is 12.1 Å². The van der Waals surface area contributed by atoms with Crippen LogP contribution in [0.4, 0.5) is 11.4 Å². The van der Waals surface area contributed by atoms with E-state index in [0.717, 1.165) is 38.8 Å². The molecule has 146 valence electrons. The fraction of sp³-hybridized carbons (Fsp3) is 0.304. The van der Waals surface area contributed by atoms with Gasteiger partial charge in [0.1, 0.15) is 5.82 Å². The number of pyridine rings is 1.